The molecule has 0 aliphatic carbocycles. The number of rotatable bonds is 10. The largest absolute Gasteiger partial charge is 0.381 e. The van der Waals surface area contributed by atoms with Crippen molar-refractivity contribution in [2.75, 3.05) is 19.8 Å². The van der Waals surface area contributed by atoms with Gasteiger partial charge in [-0.2, -0.15) is 0 Å². The maximum absolute atomic E-state index is 13.2. The van der Waals surface area contributed by atoms with E-state index in [0.29, 0.717) is 0 Å². The first-order valence-electron chi connectivity index (χ1n) is 7.34. The van der Waals surface area contributed by atoms with Gasteiger partial charge in [0.15, 0.2) is 0 Å². The van der Waals surface area contributed by atoms with Gasteiger partial charge in [-0.15, -0.1) is 0 Å². The average Bonchev–Trinajstić information content (AvgIpc) is 2.42. The van der Waals surface area contributed by atoms with Gasteiger partial charge < -0.3 is 10.1 Å². The smallest absolute Gasteiger partial charge is 0.123 e. The Kier molecular flexibility index (Phi) is 8.43. The first kappa shape index (κ1) is 16.1. The van der Waals surface area contributed by atoms with E-state index in [4.69, 9.17) is 4.74 Å². The van der Waals surface area contributed by atoms with Crippen LogP contribution in [0.5, 0.6) is 0 Å². The zero-order valence-corrected chi connectivity index (χ0v) is 12.1. The molecule has 1 N–H and O–H groups in total. The van der Waals surface area contributed by atoms with Crippen LogP contribution in [0.15, 0.2) is 24.3 Å². The van der Waals surface area contributed by atoms with Crippen LogP contribution >= 0.6 is 0 Å². The quantitative estimate of drug-likeness (QED) is 0.645. The number of hydrogen-bond acceptors (Lipinski definition) is 2. The van der Waals surface area contributed by atoms with E-state index >= 15 is 0 Å². The topological polar surface area (TPSA) is 21.3 Å². The predicted octanol–water partition coefficient (Wildman–Crippen LogP) is 4.07. The SMILES string of the molecule is CCCCOCCCNC(CC)c1cccc(F)c1. The van der Waals surface area contributed by atoms with E-state index in [2.05, 4.69) is 19.2 Å². The summed E-state index contributed by atoms with van der Waals surface area (Å²) in [6.45, 7) is 6.83. The molecule has 1 aromatic carbocycles. The molecule has 1 aromatic rings. The lowest BCUT2D eigenvalue weighted by Crippen LogP contribution is -2.23. The lowest BCUT2D eigenvalue weighted by Gasteiger charge is -2.17. The molecule has 0 amide bonds. The summed E-state index contributed by atoms with van der Waals surface area (Å²) < 4.78 is 18.7. The van der Waals surface area contributed by atoms with Gasteiger partial charge in [0.25, 0.3) is 0 Å². The number of unbranched alkanes of at least 4 members (excludes halogenated alkanes) is 1. The molecule has 0 saturated heterocycles. The van der Waals surface area contributed by atoms with Crippen LogP contribution in [0.3, 0.4) is 0 Å². The molecule has 3 heteroatoms. The van der Waals surface area contributed by atoms with Gasteiger partial charge in [-0.25, -0.2) is 4.39 Å². The summed E-state index contributed by atoms with van der Waals surface area (Å²) in [6, 6.07) is 7.06. The fraction of sp³-hybridized carbons (Fsp3) is 0.625. The Balaban J connectivity index is 2.22. The highest BCUT2D eigenvalue weighted by Gasteiger charge is 2.08. The van der Waals surface area contributed by atoms with Crippen molar-refractivity contribution in [3.8, 4) is 0 Å². The summed E-state index contributed by atoms with van der Waals surface area (Å²) in [5.41, 5.74) is 1.02. The molecule has 0 aliphatic heterocycles. The summed E-state index contributed by atoms with van der Waals surface area (Å²) in [5, 5.41) is 3.46. The highest BCUT2D eigenvalue weighted by Crippen LogP contribution is 2.17. The Hall–Kier alpha value is -0.930. The van der Waals surface area contributed by atoms with Crippen LogP contribution in [-0.4, -0.2) is 19.8 Å². The molecule has 0 bridgehead atoms. The molecule has 0 heterocycles. The molecular weight excluding hydrogens is 241 g/mol. The van der Waals surface area contributed by atoms with Crippen LogP contribution in [0.25, 0.3) is 0 Å². The van der Waals surface area contributed by atoms with Crippen molar-refractivity contribution in [3.63, 3.8) is 0 Å². The van der Waals surface area contributed by atoms with Gasteiger partial charge in [0.1, 0.15) is 5.82 Å². The minimum Gasteiger partial charge on any atom is -0.381 e. The van der Waals surface area contributed by atoms with Crippen LogP contribution in [0, 0.1) is 5.82 Å². The highest BCUT2D eigenvalue weighted by atomic mass is 19.1. The van der Waals surface area contributed by atoms with Gasteiger partial charge >= 0.3 is 0 Å². The summed E-state index contributed by atoms with van der Waals surface area (Å²) in [5.74, 6) is -0.166. The first-order chi connectivity index (χ1) is 9.27. The second-order valence-electron chi connectivity index (χ2n) is 4.79. The van der Waals surface area contributed by atoms with Gasteiger partial charge in [-0.05, 0) is 43.5 Å². The van der Waals surface area contributed by atoms with Crippen LogP contribution in [-0.2, 0) is 4.74 Å². The van der Waals surface area contributed by atoms with Gasteiger partial charge in [0, 0.05) is 19.3 Å². The molecule has 0 spiro atoms. The van der Waals surface area contributed by atoms with Crippen LogP contribution < -0.4 is 5.32 Å². The second-order valence-corrected chi connectivity index (χ2v) is 4.79. The third-order valence-corrected chi connectivity index (χ3v) is 3.16. The van der Waals surface area contributed by atoms with E-state index in [1.54, 1.807) is 12.1 Å². The normalized spacial score (nSPS) is 12.6. The molecule has 108 valence electrons. The molecule has 19 heavy (non-hydrogen) atoms. The molecule has 1 unspecified atom stereocenters. The van der Waals surface area contributed by atoms with Gasteiger partial charge in [-0.3, -0.25) is 0 Å². The number of benzene rings is 1. The molecule has 0 aliphatic rings. The van der Waals surface area contributed by atoms with E-state index in [1.165, 1.54) is 12.5 Å². The molecule has 1 rings (SSSR count). The third kappa shape index (κ3) is 6.69. The predicted molar refractivity (Wildman–Crippen MR) is 77.8 cm³/mol. The number of halogens is 1. The van der Waals surface area contributed by atoms with E-state index in [0.717, 1.165) is 44.6 Å². The standard InChI is InChI=1S/C16H26FNO/c1-3-5-11-19-12-7-10-18-16(4-2)14-8-6-9-15(17)13-14/h6,8-9,13,16,18H,3-5,7,10-12H2,1-2H3. The van der Waals surface area contributed by atoms with Gasteiger partial charge in [-0.1, -0.05) is 32.4 Å². The first-order valence-corrected chi connectivity index (χ1v) is 7.34. The zero-order chi connectivity index (χ0) is 13.9. The maximum Gasteiger partial charge on any atom is 0.123 e. The van der Waals surface area contributed by atoms with Crippen molar-refractivity contribution >= 4 is 0 Å². The number of nitrogens with one attached hydrogen (secondary N) is 1. The lowest BCUT2D eigenvalue weighted by molar-refractivity contribution is 0.128. The van der Waals surface area contributed by atoms with E-state index in [1.807, 2.05) is 6.07 Å². The summed E-state index contributed by atoms with van der Waals surface area (Å²) >= 11 is 0. The molecular formula is C16H26FNO. The Morgan fingerprint density at radius 1 is 1.21 bits per heavy atom. The minimum atomic E-state index is -0.166. The summed E-state index contributed by atoms with van der Waals surface area (Å²) in [7, 11) is 0. The highest BCUT2D eigenvalue weighted by molar-refractivity contribution is 5.19. The fourth-order valence-corrected chi connectivity index (χ4v) is 2.02. The Bertz CT molecular complexity index is 343. The molecule has 0 fully saturated rings. The number of ether oxygens (including phenoxy) is 1. The Morgan fingerprint density at radius 2 is 2.00 bits per heavy atom. The minimum absolute atomic E-state index is 0.166. The molecule has 0 aromatic heterocycles. The Morgan fingerprint density at radius 3 is 2.68 bits per heavy atom. The van der Waals surface area contributed by atoms with Gasteiger partial charge in [0.2, 0.25) is 0 Å². The Labute approximate surface area is 116 Å². The second kappa shape index (κ2) is 9.93. The van der Waals surface area contributed by atoms with Crippen LogP contribution in [0.1, 0.15) is 51.1 Å². The van der Waals surface area contributed by atoms with Crippen molar-refractivity contribution in [2.24, 2.45) is 0 Å². The van der Waals surface area contributed by atoms with E-state index < -0.39 is 0 Å². The van der Waals surface area contributed by atoms with Crippen molar-refractivity contribution in [2.45, 2.75) is 45.6 Å². The monoisotopic (exact) mass is 267 g/mol. The van der Waals surface area contributed by atoms with Crippen molar-refractivity contribution in [1.82, 2.24) is 5.32 Å². The van der Waals surface area contributed by atoms with E-state index in [9.17, 15) is 4.39 Å². The molecule has 0 radical (unpaired) electrons. The van der Waals surface area contributed by atoms with Crippen LogP contribution in [0.4, 0.5) is 4.39 Å². The lowest BCUT2D eigenvalue weighted by atomic mass is 10.0. The maximum atomic E-state index is 13.2. The summed E-state index contributed by atoms with van der Waals surface area (Å²) in [6.07, 6.45) is 4.26. The van der Waals surface area contributed by atoms with Crippen molar-refractivity contribution in [3.05, 3.63) is 35.6 Å². The van der Waals surface area contributed by atoms with E-state index in [-0.39, 0.29) is 11.9 Å². The average molecular weight is 267 g/mol. The molecule has 1 atom stereocenters. The fourth-order valence-electron chi connectivity index (χ4n) is 2.02. The number of hydrogen-bond donors (Lipinski definition) is 1. The third-order valence-electron chi connectivity index (χ3n) is 3.16. The molecule has 0 saturated carbocycles. The van der Waals surface area contributed by atoms with Crippen LogP contribution in [0.2, 0.25) is 0 Å². The van der Waals surface area contributed by atoms with Crippen molar-refractivity contribution in [1.29, 1.82) is 0 Å². The van der Waals surface area contributed by atoms with Gasteiger partial charge in [0.05, 0.1) is 0 Å². The summed E-state index contributed by atoms with van der Waals surface area (Å²) in [4.78, 5) is 0. The van der Waals surface area contributed by atoms with Crippen molar-refractivity contribution < 1.29 is 9.13 Å². The molecule has 2 nitrogen and oxygen atoms in total. The zero-order valence-electron chi connectivity index (χ0n) is 12.1.